The predicted octanol–water partition coefficient (Wildman–Crippen LogP) is 2.08. The van der Waals surface area contributed by atoms with Crippen molar-refractivity contribution in [2.45, 2.75) is 32.2 Å². The minimum Gasteiger partial charge on any atom is -0.325 e. The highest BCUT2D eigenvalue weighted by molar-refractivity contribution is 5.92. The van der Waals surface area contributed by atoms with Crippen LogP contribution >= 0.6 is 0 Å². The Labute approximate surface area is 96.2 Å². The van der Waals surface area contributed by atoms with E-state index in [1.807, 2.05) is 31.2 Å². The summed E-state index contributed by atoms with van der Waals surface area (Å²) in [5.74, 6) is 0.0394. The Hall–Kier alpha value is -1.35. The molecule has 1 aromatic rings. The average molecular weight is 218 g/mol. The lowest BCUT2D eigenvalue weighted by Crippen LogP contribution is -2.40. The fourth-order valence-electron chi connectivity index (χ4n) is 1.78. The van der Waals surface area contributed by atoms with E-state index in [1.54, 1.807) is 0 Å². The highest BCUT2D eigenvalue weighted by atomic mass is 16.1. The van der Waals surface area contributed by atoms with E-state index in [0.29, 0.717) is 12.6 Å². The van der Waals surface area contributed by atoms with Crippen molar-refractivity contribution >= 4 is 11.6 Å². The Balaban J connectivity index is 1.77. The maximum atomic E-state index is 11.6. The zero-order valence-electron chi connectivity index (χ0n) is 9.62. The van der Waals surface area contributed by atoms with Crippen molar-refractivity contribution in [3.63, 3.8) is 0 Å². The van der Waals surface area contributed by atoms with Crippen LogP contribution in [0.4, 0.5) is 5.69 Å². The topological polar surface area (TPSA) is 41.1 Å². The summed E-state index contributed by atoms with van der Waals surface area (Å²) in [6.45, 7) is 2.43. The maximum absolute atomic E-state index is 11.6. The van der Waals surface area contributed by atoms with E-state index in [2.05, 4.69) is 10.6 Å². The fourth-order valence-corrected chi connectivity index (χ4v) is 1.78. The lowest BCUT2D eigenvalue weighted by Gasteiger charge is -2.26. The van der Waals surface area contributed by atoms with E-state index in [0.717, 1.165) is 11.3 Å². The van der Waals surface area contributed by atoms with Crippen LogP contribution in [0.2, 0.25) is 0 Å². The van der Waals surface area contributed by atoms with Gasteiger partial charge >= 0.3 is 0 Å². The number of aryl methyl sites for hydroxylation is 1. The van der Waals surface area contributed by atoms with Gasteiger partial charge in [-0.25, -0.2) is 0 Å². The first kappa shape index (κ1) is 11.1. The van der Waals surface area contributed by atoms with E-state index in [9.17, 15) is 4.79 Å². The molecule has 0 aromatic heterocycles. The number of benzene rings is 1. The van der Waals surface area contributed by atoms with Gasteiger partial charge in [0.15, 0.2) is 0 Å². The van der Waals surface area contributed by atoms with Crippen molar-refractivity contribution in [2.24, 2.45) is 0 Å². The first-order chi connectivity index (χ1) is 7.74. The number of carbonyl (C=O) groups is 1. The van der Waals surface area contributed by atoms with Crippen molar-refractivity contribution in [3.8, 4) is 0 Å². The van der Waals surface area contributed by atoms with Gasteiger partial charge in [0.1, 0.15) is 0 Å². The minimum atomic E-state index is 0.0394. The standard InChI is InChI=1S/C13H18N2O/c1-10-4-2-7-12(8-10)15-13(16)9-14-11-5-3-6-11/h2,4,7-8,11,14H,3,5-6,9H2,1H3,(H,15,16). The summed E-state index contributed by atoms with van der Waals surface area (Å²) in [6, 6.07) is 8.41. The van der Waals surface area contributed by atoms with Crippen LogP contribution in [0.1, 0.15) is 24.8 Å². The van der Waals surface area contributed by atoms with Crippen molar-refractivity contribution < 1.29 is 4.79 Å². The third kappa shape index (κ3) is 3.07. The van der Waals surface area contributed by atoms with Gasteiger partial charge < -0.3 is 10.6 Å². The third-order valence-electron chi connectivity index (χ3n) is 2.96. The van der Waals surface area contributed by atoms with Crippen LogP contribution in [0.15, 0.2) is 24.3 Å². The molecule has 0 atom stereocenters. The summed E-state index contributed by atoms with van der Waals surface area (Å²) in [5.41, 5.74) is 2.03. The van der Waals surface area contributed by atoms with Crippen LogP contribution in [-0.2, 0) is 4.79 Å². The minimum absolute atomic E-state index is 0.0394. The molecule has 0 bridgehead atoms. The van der Waals surface area contributed by atoms with Crippen LogP contribution in [0, 0.1) is 6.92 Å². The van der Waals surface area contributed by atoms with Gasteiger partial charge in [0.25, 0.3) is 0 Å². The lowest BCUT2D eigenvalue weighted by molar-refractivity contribution is -0.115. The average Bonchev–Trinajstić information content (AvgIpc) is 2.15. The number of amides is 1. The Morgan fingerprint density at radius 2 is 2.25 bits per heavy atom. The molecule has 1 saturated carbocycles. The number of carbonyl (C=O) groups excluding carboxylic acids is 1. The first-order valence-electron chi connectivity index (χ1n) is 5.84. The molecule has 2 N–H and O–H groups in total. The van der Waals surface area contributed by atoms with Crippen LogP contribution in [-0.4, -0.2) is 18.5 Å². The summed E-state index contributed by atoms with van der Waals surface area (Å²) < 4.78 is 0. The predicted molar refractivity (Wildman–Crippen MR) is 65.5 cm³/mol. The fraction of sp³-hybridized carbons (Fsp3) is 0.462. The molecule has 1 aliphatic carbocycles. The van der Waals surface area contributed by atoms with E-state index in [-0.39, 0.29) is 5.91 Å². The zero-order valence-corrected chi connectivity index (χ0v) is 9.62. The smallest absolute Gasteiger partial charge is 0.238 e. The maximum Gasteiger partial charge on any atom is 0.238 e. The van der Waals surface area contributed by atoms with E-state index >= 15 is 0 Å². The molecule has 3 heteroatoms. The van der Waals surface area contributed by atoms with Crippen LogP contribution in [0.5, 0.6) is 0 Å². The summed E-state index contributed by atoms with van der Waals surface area (Å²) in [7, 11) is 0. The van der Waals surface area contributed by atoms with Gasteiger partial charge in [-0.1, -0.05) is 18.6 Å². The second-order valence-electron chi connectivity index (χ2n) is 4.43. The molecule has 0 spiro atoms. The number of hydrogen-bond acceptors (Lipinski definition) is 2. The monoisotopic (exact) mass is 218 g/mol. The largest absolute Gasteiger partial charge is 0.325 e. The summed E-state index contributed by atoms with van der Waals surface area (Å²) in [4.78, 5) is 11.6. The number of nitrogens with one attached hydrogen (secondary N) is 2. The van der Waals surface area contributed by atoms with Gasteiger partial charge in [0.05, 0.1) is 6.54 Å². The number of anilines is 1. The van der Waals surface area contributed by atoms with E-state index in [4.69, 9.17) is 0 Å². The van der Waals surface area contributed by atoms with Gasteiger partial charge in [-0.2, -0.15) is 0 Å². The van der Waals surface area contributed by atoms with Crippen molar-refractivity contribution in [1.29, 1.82) is 0 Å². The quantitative estimate of drug-likeness (QED) is 0.812. The van der Waals surface area contributed by atoms with E-state index in [1.165, 1.54) is 19.3 Å². The molecule has 1 amide bonds. The molecule has 3 nitrogen and oxygen atoms in total. The van der Waals surface area contributed by atoms with Crippen LogP contribution in [0.3, 0.4) is 0 Å². The molecular weight excluding hydrogens is 200 g/mol. The first-order valence-corrected chi connectivity index (χ1v) is 5.84. The summed E-state index contributed by atoms with van der Waals surface area (Å²) in [5, 5.41) is 6.13. The summed E-state index contributed by atoms with van der Waals surface area (Å²) >= 11 is 0. The van der Waals surface area contributed by atoms with E-state index < -0.39 is 0 Å². The molecule has 1 aromatic carbocycles. The van der Waals surface area contributed by atoms with Gasteiger partial charge in [0.2, 0.25) is 5.91 Å². The second kappa shape index (κ2) is 5.12. The van der Waals surface area contributed by atoms with Crippen molar-refractivity contribution in [2.75, 3.05) is 11.9 Å². The van der Waals surface area contributed by atoms with Gasteiger partial charge in [-0.3, -0.25) is 4.79 Å². The molecule has 0 unspecified atom stereocenters. The summed E-state index contributed by atoms with van der Waals surface area (Å²) in [6.07, 6.45) is 3.70. The number of hydrogen-bond donors (Lipinski definition) is 2. The van der Waals surface area contributed by atoms with Gasteiger partial charge in [-0.15, -0.1) is 0 Å². The Kier molecular flexibility index (Phi) is 3.57. The molecule has 1 fully saturated rings. The normalized spacial score (nSPS) is 15.6. The van der Waals surface area contributed by atoms with Crippen LogP contribution in [0.25, 0.3) is 0 Å². The Morgan fingerprint density at radius 3 is 2.88 bits per heavy atom. The molecule has 2 rings (SSSR count). The number of rotatable bonds is 4. The highest BCUT2D eigenvalue weighted by Crippen LogP contribution is 2.17. The molecule has 0 aliphatic heterocycles. The highest BCUT2D eigenvalue weighted by Gasteiger charge is 2.17. The van der Waals surface area contributed by atoms with Crippen LogP contribution < -0.4 is 10.6 Å². The third-order valence-corrected chi connectivity index (χ3v) is 2.96. The lowest BCUT2D eigenvalue weighted by atomic mass is 9.93. The molecule has 0 heterocycles. The molecule has 16 heavy (non-hydrogen) atoms. The zero-order chi connectivity index (χ0) is 11.4. The SMILES string of the molecule is Cc1cccc(NC(=O)CNC2CCC2)c1. The Morgan fingerprint density at radius 1 is 1.44 bits per heavy atom. The van der Waals surface area contributed by atoms with Gasteiger partial charge in [0, 0.05) is 11.7 Å². The van der Waals surface area contributed by atoms with Crippen molar-refractivity contribution in [3.05, 3.63) is 29.8 Å². The Bertz CT molecular complexity index is 372. The molecule has 86 valence electrons. The molecule has 0 radical (unpaired) electrons. The van der Waals surface area contributed by atoms with Crippen molar-refractivity contribution in [1.82, 2.24) is 5.32 Å². The van der Waals surface area contributed by atoms with Gasteiger partial charge in [-0.05, 0) is 37.5 Å². The molecule has 1 aliphatic rings. The molecular formula is C13H18N2O. The molecule has 0 saturated heterocycles. The second-order valence-corrected chi connectivity index (χ2v) is 4.43.